The zero-order chi connectivity index (χ0) is 13.0. The minimum atomic E-state index is 0.856. The van der Waals surface area contributed by atoms with E-state index in [0.29, 0.717) is 0 Å². The van der Waals surface area contributed by atoms with Crippen molar-refractivity contribution in [2.75, 3.05) is 0 Å². The molecule has 0 fully saturated rings. The standard InChI is InChI=1S/C14H30Se3/c1-5-6-7-8-9-10-11-12-13-14(15-2,16-3)17-4/h5-13H2,1-4H3. The number of hydrogen-bond donors (Lipinski definition) is 0. The number of unbranched alkanes of at least 4 members (excludes halogenated alkanes) is 7. The first kappa shape index (κ1) is 18.6. The Labute approximate surface area is 128 Å². The Morgan fingerprint density at radius 2 is 1.06 bits per heavy atom. The molecule has 0 nitrogen and oxygen atoms in total. The zero-order valence-corrected chi connectivity index (χ0v) is 17.2. The summed E-state index contributed by atoms with van der Waals surface area (Å²) >= 11 is 2.66. The summed E-state index contributed by atoms with van der Waals surface area (Å²) in [5.74, 6) is 7.40. The van der Waals surface area contributed by atoms with Gasteiger partial charge in [-0.25, -0.2) is 0 Å². The van der Waals surface area contributed by atoms with Gasteiger partial charge in [0.25, 0.3) is 0 Å². The van der Waals surface area contributed by atoms with E-state index in [2.05, 4.69) is 24.4 Å². The molecule has 0 saturated carbocycles. The zero-order valence-electron chi connectivity index (χ0n) is 12.1. The van der Waals surface area contributed by atoms with Gasteiger partial charge in [-0.2, -0.15) is 0 Å². The average Bonchev–Trinajstić information content (AvgIpc) is 2.38. The van der Waals surface area contributed by atoms with E-state index < -0.39 is 0 Å². The van der Waals surface area contributed by atoms with E-state index in [1.807, 2.05) is 0 Å². The molecule has 0 atom stereocenters. The van der Waals surface area contributed by atoms with Gasteiger partial charge >= 0.3 is 129 Å². The van der Waals surface area contributed by atoms with Crippen molar-refractivity contribution in [2.24, 2.45) is 0 Å². The van der Waals surface area contributed by atoms with E-state index in [0.717, 1.165) is 47.0 Å². The summed E-state index contributed by atoms with van der Waals surface area (Å²) in [6, 6.07) is 0. The Hall–Kier alpha value is 1.56. The third-order valence-corrected chi connectivity index (χ3v) is 19.4. The van der Waals surface area contributed by atoms with Crippen molar-refractivity contribution < 1.29 is 0 Å². The fourth-order valence-electron chi connectivity index (χ4n) is 2.03. The molecule has 0 rings (SSSR count). The maximum absolute atomic E-state index is 2.47. The van der Waals surface area contributed by atoms with Crippen LogP contribution in [0.25, 0.3) is 0 Å². The SMILES string of the molecule is CCCCCCCCCCC([Se]C)([Se]C)[Se]C. The molecule has 0 heterocycles. The van der Waals surface area contributed by atoms with E-state index >= 15 is 0 Å². The van der Waals surface area contributed by atoms with Crippen LogP contribution in [0.2, 0.25) is 19.6 Å². The van der Waals surface area contributed by atoms with Gasteiger partial charge in [-0.3, -0.25) is 0 Å². The van der Waals surface area contributed by atoms with E-state index in [-0.39, 0.29) is 0 Å². The molecule has 0 aromatic rings. The van der Waals surface area contributed by atoms with Gasteiger partial charge < -0.3 is 0 Å². The Kier molecular flexibility index (Phi) is 13.7. The van der Waals surface area contributed by atoms with Crippen molar-refractivity contribution in [2.45, 2.75) is 84.3 Å². The molecule has 0 N–H and O–H groups in total. The van der Waals surface area contributed by atoms with Gasteiger partial charge in [0, 0.05) is 0 Å². The molecular weight excluding hydrogens is 405 g/mol. The van der Waals surface area contributed by atoms with Gasteiger partial charge in [0.05, 0.1) is 0 Å². The van der Waals surface area contributed by atoms with Crippen LogP contribution in [0.15, 0.2) is 0 Å². The summed E-state index contributed by atoms with van der Waals surface area (Å²) in [5, 5.41) is 0. The van der Waals surface area contributed by atoms with Crippen LogP contribution in [-0.2, 0) is 0 Å². The molecule has 104 valence electrons. The molecular formula is C14H30Se3. The predicted molar refractivity (Wildman–Crippen MR) is 84.8 cm³/mol. The molecule has 0 bridgehead atoms. The monoisotopic (exact) mass is 438 g/mol. The number of hydrogen-bond acceptors (Lipinski definition) is 0. The van der Waals surface area contributed by atoms with Crippen LogP contribution in [0.4, 0.5) is 0 Å². The fourth-order valence-corrected chi connectivity index (χ4v) is 10.7. The van der Waals surface area contributed by atoms with Crippen LogP contribution in [0.5, 0.6) is 0 Å². The predicted octanol–water partition coefficient (Wildman–Crippen LogP) is 4.85. The molecule has 0 radical (unpaired) electrons. The van der Waals surface area contributed by atoms with Crippen LogP contribution in [0, 0.1) is 0 Å². The van der Waals surface area contributed by atoms with Gasteiger partial charge in [-0.05, 0) is 0 Å². The van der Waals surface area contributed by atoms with E-state index in [4.69, 9.17) is 0 Å². The third-order valence-electron chi connectivity index (χ3n) is 3.27. The van der Waals surface area contributed by atoms with Crippen molar-refractivity contribution >= 4 is 44.9 Å². The molecule has 0 aliphatic carbocycles. The second-order valence-electron chi connectivity index (χ2n) is 4.52. The molecule has 0 aliphatic rings. The Balaban J connectivity index is 3.43. The first-order valence-electron chi connectivity index (χ1n) is 6.90. The first-order chi connectivity index (χ1) is 8.24. The molecule has 0 aromatic heterocycles. The molecule has 0 saturated heterocycles. The van der Waals surface area contributed by atoms with Crippen molar-refractivity contribution in [1.82, 2.24) is 0 Å². The van der Waals surface area contributed by atoms with Crippen LogP contribution in [-0.4, -0.2) is 44.9 Å². The van der Waals surface area contributed by atoms with E-state index in [1.165, 1.54) is 51.4 Å². The van der Waals surface area contributed by atoms with Gasteiger partial charge in [0.2, 0.25) is 0 Å². The van der Waals surface area contributed by atoms with Crippen molar-refractivity contribution in [1.29, 1.82) is 0 Å². The van der Waals surface area contributed by atoms with Crippen LogP contribution < -0.4 is 0 Å². The molecule has 17 heavy (non-hydrogen) atoms. The molecule has 3 heteroatoms. The average molecular weight is 435 g/mol. The van der Waals surface area contributed by atoms with Crippen molar-refractivity contribution in [3.63, 3.8) is 0 Å². The molecule has 0 aromatic carbocycles. The fraction of sp³-hybridized carbons (Fsp3) is 1.00. The van der Waals surface area contributed by atoms with Crippen molar-refractivity contribution in [3.05, 3.63) is 0 Å². The van der Waals surface area contributed by atoms with E-state index in [9.17, 15) is 0 Å². The second-order valence-corrected chi connectivity index (χ2v) is 15.4. The summed E-state index contributed by atoms with van der Waals surface area (Å²) in [6.45, 7) is 2.30. The topological polar surface area (TPSA) is 0 Å². The number of rotatable bonds is 12. The first-order valence-corrected chi connectivity index (χ1v) is 14.6. The van der Waals surface area contributed by atoms with Gasteiger partial charge in [0.15, 0.2) is 0 Å². The van der Waals surface area contributed by atoms with Gasteiger partial charge in [-0.1, -0.05) is 0 Å². The minimum absolute atomic E-state index is 0.856. The Bertz CT molecular complexity index is 147. The van der Waals surface area contributed by atoms with E-state index in [1.54, 1.807) is 6.42 Å². The summed E-state index contributed by atoms with van der Waals surface area (Å²) in [4.78, 5) is 0. The Morgan fingerprint density at radius 1 is 0.647 bits per heavy atom. The van der Waals surface area contributed by atoms with Crippen LogP contribution >= 0.6 is 0 Å². The van der Waals surface area contributed by atoms with Crippen molar-refractivity contribution in [3.8, 4) is 0 Å². The maximum atomic E-state index is 2.47. The molecule has 0 unspecified atom stereocenters. The third kappa shape index (κ3) is 9.14. The Morgan fingerprint density at radius 3 is 1.47 bits per heavy atom. The van der Waals surface area contributed by atoms with Crippen LogP contribution in [0.1, 0.15) is 64.7 Å². The molecule has 0 amide bonds. The summed E-state index contributed by atoms with van der Waals surface area (Å²) in [7, 11) is 0. The van der Waals surface area contributed by atoms with Crippen LogP contribution in [0.3, 0.4) is 0 Å². The quantitative estimate of drug-likeness (QED) is 0.304. The molecule has 0 spiro atoms. The second kappa shape index (κ2) is 12.6. The normalized spacial score (nSPS) is 12.0. The summed E-state index contributed by atoms with van der Waals surface area (Å²) < 4.78 is 0.856. The summed E-state index contributed by atoms with van der Waals surface area (Å²) in [6.07, 6.45) is 13.3. The van der Waals surface area contributed by atoms with Gasteiger partial charge in [0.1, 0.15) is 0 Å². The summed E-state index contributed by atoms with van der Waals surface area (Å²) in [5.41, 5.74) is 0. The van der Waals surface area contributed by atoms with Gasteiger partial charge in [-0.15, -0.1) is 0 Å². The molecule has 0 aliphatic heterocycles.